The highest BCUT2D eigenvalue weighted by Crippen LogP contribution is 2.37. The minimum atomic E-state index is -4.43. The molecule has 0 N–H and O–H groups in total. The van der Waals surface area contributed by atoms with Crippen molar-refractivity contribution in [3.63, 3.8) is 0 Å². The summed E-state index contributed by atoms with van der Waals surface area (Å²) in [5, 5.41) is -0.0658. The molecule has 1 aliphatic heterocycles. The number of alkyl halides is 3. The van der Waals surface area contributed by atoms with E-state index in [9.17, 15) is 13.2 Å². The molecule has 0 radical (unpaired) electrons. The summed E-state index contributed by atoms with van der Waals surface area (Å²) in [7, 11) is 0. The number of nitrogens with zero attached hydrogens (tertiary/aromatic N) is 1. The van der Waals surface area contributed by atoms with Gasteiger partial charge in [0, 0.05) is 12.7 Å². The number of hydrogen-bond donors (Lipinski definition) is 0. The molecule has 2 aromatic rings. The van der Waals surface area contributed by atoms with Gasteiger partial charge in [-0.15, -0.1) is 0 Å². The molecule has 1 heterocycles. The van der Waals surface area contributed by atoms with Crippen LogP contribution in [0.15, 0.2) is 84.3 Å². The van der Waals surface area contributed by atoms with Crippen molar-refractivity contribution < 1.29 is 17.9 Å². The van der Waals surface area contributed by atoms with Crippen LogP contribution in [0.3, 0.4) is 0 Å². The Morgan fingerprint density at radius 3 is 2.61 bits per heavy atom. The fourth-order valence-corrected chi connectivity index (χ4v) is 3.59. The number of allylic oxidation sites excluding steroid dienone is 1. The highest BCUT2D eigenvalue weighted by Gasteiger charge is 2.31. The molecule has 0 spiro atoms. The van der Waals surface area contributed by atoms with Crippen molar-refractivity contribution in [2.75, 3.05) is 0 Å². The molecule has 6 heteroatoms. The number of halogens is 4. The Kier molecular flexibility index (Phi) is 4.94. The van der Waals surface area contributed by atoms with E-state index in [4.69, 9.17) is 16.3 Å². The van der Waals surface area contributed by atoms with E-state index in [0.717, 1.165) is 30.7 Å². The first kappa shape index (κ1) is 18.7. The van der Waals surface area contributed by atoms with Crippen molar-refractivity contribution in [2.45, 2.75) is 25.2 Å². The molecule has 2 aliphatic rings. The van der Waals surface area contributed by atoms with Gasteiger partial charge in [0.2, 0.25) is 0 Å². The third kappa shape index (κ3) is 3.94. The van der Waals surface area contributed by atoms with E-state index in [1.165, 1.54) is 11.6 Å². The molecule has 0 bridgehead atoms. The van der Waals surface area contributed by atoms with Gasteiger partial charge in [-0.1, -0.05) is 41.9 Å². The Morgan fingerprint density at radius 1 is 1.11 bits per heavy atom. The zero-order chi connectivity index (χ0) is 19.7. The summed E-state index contributed by atoms with van der Waals surface area (Å²) in [5.41, 5.74) is 1.55. The van der Waals surface area contributed by atoms with Crippen LogP contribution in [0.1, 0.15) is 17.5 Å². The number of hydrogen-bond acceptors (Lipinski definition) is 2. The van der Waals surface area contributed by atoms with Gasteiger partial charge in [0.15, 0.2) is 0 Å². The van der Waals surface area contributed by atoms with Gasteiger partial charge in [-0.05, 0) is 54.0 Å². The van der Waals surface area contributed by atoms with Crippen molar-refractivity contribution in [1.82, 2.24) is 4.90 Å². The Hall–Kier alpha value is -2.66. The van der Waals surface area contributed by atoms with Gasteiger partial charge >= 0.3 is 6.18 Å². The molecular formula is C22H17ClF3NO. The third-order valence-electron chi connectivity index (χ3n) is 4.79. The van der Waals surface area contributed by atoms with Crippen molar-refractivity contribution in [1.29, 1.82) is 0 Å². The average Bonchev–Trinajstić information content (AvgIpc) is 3.05. The van der Waals surface area contributed by atoms with E-state index in [0.29, 0.717) is 5.76 Å². The summed E-state index contributed by atoms with van der Waals surface area (Å²) in [6.45, 7) is 0.814. The largest absolute Gasteiger partial charge is 0.456 e. The Bertz CT molecular complexity index is 963. The minimum Gasteiger partial charge on any atom is -0.456 e. The lowest BCUT2D eigenvalue weighted by molar-refractivity contribution is -0.137. The second kappa shape index (κ2) is 7.40. The zero-order valence-corrected chi connectivity index (χ0v) is 15.5. The second-order valence-electron chi connectivity index (χ2n) is 6.72. The van der Waals surface area contributed by atoms with E-state index in [-0.39, 0.29) is 16.8 Å². The normalized spacial score (nSPS) is 18.6. The van der Waals surface area contributed by atoms with Crippen molar-refractivity contribution in [3.05, 3.63) is 100 Å². The van der Waals surface area contributed by atoms with Crippen LogP contribution in [0.25, 0.3) is 0 Å². The first-order valence-corrected chi connectivity index (χ1v) is 9.22. The molecule has 2 aromatic carbocycles. The molecule has 1 aliphatic carbocycles. The topological polar surface area (TPSA) is 12.5 Å². The highest BCUT2D eigenvalue weighted by atomic mass is 35.5. The molecule has 1 unspecified atom stereocenters. The molecule has 144 valence electrons. The van der Waals surface area contributed by atoms with Gasteiger partial charge in [0.25, 0.3) is 0 Å². The van der Waals surface area contributed by atoms with Gasteiger partial charge in [-0.2, -0.15) is 13.2 Å². The number of rotatable bonds is 4. The van der Waals surface area contributed by atoms with Crippen LogP contribution in [0.4, 0.5) is 13.2 Å². The molecule has 0 fully saturated rings. The van der Waals surface area contributed by atoms with Crippen LogP contribution in [0, 0.1) is 0 Å². The zero-order valence-electron chi connectivity index (χ0n) is 14.8. The van der Waals surface area contributed by atoms with Crippen LogP contribution in [-0.4, -0.2) is 10.9 Å². The Labute approximate surface area is 166 Å². The van der Waals surface area contributed by atoms with E-state index >= 15 is 0 Å². The van der Waals surface area contributed by atoms with Crippen molar-refractivity contribution >= 4 is 11.6 Å². The highest BCUT2D eigenvalue weighted by molar-refractivity contribution is 6.32. The predicted molar refractivity (Wildman–Crippen MR) is 103 cm³/mol. The van der Waals surface area contributed by atoms with Crippen LogP contribution in [0.2, 0.25) is 5.02 Å². The standard InChI is InChI=1S/C22H17ClF3NO/c23-19-13-17(22(24,25)26)6-9-21(19)28-18-7-8-20-16(12-18)10-11-27(20)14-15-4-2-1-3-5-15/h1-7,9-13,20H,8,14H2. The first-order chi connectivity index (χ1) is 13.4. The minimum absolute atomic E-state index is 0.0658. The summed E-state index contributed by atoms with van der Waals surface area (Å²) < 4.78 is 44.0. The molecule has 2 nitrogen and oxygen atoms in total. The van der Waals surface area contributed by atoms with E-state index < -0.39 is 11.7 Å². The maximum absolute atomic E-state index is 12.8. The summed E-state index contributed by atoms with van der Waals surface area (Å²) in [4.78, 5) is 2.26. The second-order valence-corrected chi connectivity index (χ2v) is 7.13. The molecule has 0 aromatic heterocycles. The van der Waals surface area contributed by atoms with Crippen LogP contribution in [-0.2, 0) is 12.7 Å². The quantitative estimate of drug-likeness (QED) is 0.589. The van der Waals surface area contributed by atoms with Crippen LogP contribution in [0.5, 0.6) is 5.75 Å². The lowest BCUT2D eigenvalue weighted by Crippen LogP contribution is -2.28. The van der Waals surface area contributed by atoms with E-state index in [2.05, 4.69) is 23.2 Å². The number of benzene rings is 2. The van der Waals surface area contributed by atoms with Gasteiger partial charge in [0.1, 0.15) is 11.5 Å². The Morgan fingerprint density at radius 2 is 1.89 bits per heavy atom. The number of ether oxygens (including phenoxy) is 1. The van der Waals surface area contributed by atoms with E-state index in [1.807, 2.05) is 36.4 Å². The molecule has 4 rings (SSSR count). The van der Waals surface area contributed by atoms with Gasteiger partial charge in [-0.3, -0.25) is 0 Å². The average molecular weight is 404 g/mol. The van der Waals surface area contributed by atoms with Crippen molar-refractivity contribution in [3.8, 4) is 5.75 Å². The maximum atomic E-state index is 12.8. The summed E-state index contributed by atoms with van der Waals surface area (Å²) in [6.07, 6.45) is 4.26. The lowest BCUT2D eigenvalue weighted by atomic mass is 9.99. The van der Waals surface area contributed by atoms with Gasteiger partial charge < -0.3 is 9.64 Å². The van der Waals surface area contributed by atoms with Crippen LogP contribution < -0.4 is 4.74 Å². The van der Waals surface area contributed by atoms with E-state index in [1.54, 1.807) is 0 Å². The predicted octanol–water partition coefficient (Wildman–Crippen LogP) is 6.35. The van der Waals surface area contributed by atoms with Gasteiger partial charge in [0.05, 0.1) is 16.6 Å². The third-order valence-corrected chi connectivity index (χ3v) is 5.09. The maximum Gasteiger partial charge on any atom is 0.416 e. The molecule has 0 saturated heterocycles. The smallest absolute Gasteiger partial charge is 0.416 e. The fraction of sp³-hybridized carbons (Fsp3) is 0.182. The summed E-state index contributed by atoms with van der Waals surface area (Å²) in [6, 6.07) is 13.6. The van der Waals surface area contributed by atoms with Gasteiger partial charge in [-0.25, -0.2) is 0 Å². The SMILES string of the molecule is FC(F)(F)c1ccc(OC2=CCC3C(=C2)C=CN3Cc2ccccc2)c(Cl)c1. The van der Waals surface area contributed by atoms with Crippen LogP contribution >= 0.6 is 11.6 Å². The lowest BCUT2D eigenvalue weighted by Gasteiger charge is -2.28. The van der Waals surface area contributed by atoms with Crippen molar-refractivity contribution in [2.24, 2.45) is 0 Å². The number of fused-ring (bicyclic) bond motifs is 1. The first-order valence-electron chi connectivity index (χ1n) is 8.84. The summed E-state index contributed by atoms with van der Waals surface area (Å²) >= 11 is 5.98. The molecule has 0 saturated carbocycles. The monoisotopic (exact) mass is 403 g/mol. The summed E-state index contributed by atoms with van der Waals surface area (Å²) in [5.74, 6) is 0.790. The Balaban J connectivity index is 1.45. The molecule has 1 atom stereocenters. The molecule has 28 heavy (non-hydrogen) atoms. The molecular weight excluding hydrogens is 387 g/mol. The molecule has 0 amide bonds. The fourth-order valence-electron chi connectivity index (χ4n) is 3.37.